The van der Waals surface area contributed by atoms with E-state index in [2.05, 4.69) is 21.2 Å². The number of halogens is 1. The second kappa shape index (κ2) is 4.14. The number of allylic oxidation sites excluding steroid dienone is 7. The van der Waals surface area contributed by atoms with Crippen LogP contribution in [0.25, 0.3) is 0 Å². The topological polar surface area (TPSA) is 49.3 Å². The van der Waals surface area contributed by atoms with E-state index in [1.54, 1.807) is 6.92 Å². The molecule has 0 atom stereocenters. The van der Waals surface area contributed by atoms with Gasteiger partial charge >= 0.3 is 5.97 Å². The van der Waals surface area contributed by atoms with Crippen LogP contribution in [0.5, 0.6) is 0 Å². The van der Waals surface area contributed by atoms with Gasteiger partial charge in [-0.1, -0.05) is 28.1 Å². The van der Waals surface area contributed by atoms with E-state index in [1.165, 1.54) is 0 Å². The number of aliphatic carboxylic acids is 1. The Hall–Kier alpha value is -1.55. The molecule has 0 aromatic rings. The third kappa shape index (κ3) is 1.88. The number of carbonyl (C=O) groups is 1. The predicted octanol–water partition coefficient (Wildman–Crippen LogP) is 2.61. The summed E-state index contributed by atoms with van der Waals surface area (Å²) < 4.78 is 0.934. The van der Waals surface area contributed by atoms with Gasteiger partial charge in [-0.2, -0.15) is 0 Å². The van der Waals surface area contributed by atoms with Crippen molar-refractivity contribution in [2.24, 2.45) is 0 Å². The van der Waals surface area contributed by atoms with Crippen molar-refractivity contribution < 1.29 is 9.90 Å². The van der Waals surface area contributed by atoms with E-state index in [9.17, 15) is 4.79 Å². The minimum atomic E-state index is -0.943. The van der Waals surface area contributed by atoms with E-state index in [0.717, 1.165) is 15.8 Å². The van der Waals surface area contributed by atoms with Crippen molar-refractivity contribution in [2.75, 3.05) is 0 Å². The van der Waals surface area contributed by atoms with E-state index in [1.807, 2.05) is 30.4 Å². The Balaban J connectivity index is 2.53. The van der Waals surface area contributed by atoms with Crippen LogP contribution in [0.2, 0.25) is 0 Å². The second-order valence-corrected chi connectivity index (χ2v) is 4.38. The van der Waals surface area contributed by atoms with E-state index in [4.69, 9.17) is 5.11 Å². The summed E-state index contributed by atoms with van der Waals surface area (Å²) >= 11 is 3.46. The molecule has 0 saturated heterocycles. The minimum absolute atomic E-state index is 0.227. The van der Waals surface area contributed by atoms with Crippen molar-refractivity contribution >= 4 is 21.9 Å². The molecule has 1 aliphatic heterocycles. The Labute approximate surface area is 102 Å². The first-order valence-corrected chi connectivity index (χ1v) is 5.56. The van der Waals surface area contributed by atoms with Crippen LogP contribution in [0.3, 0.4) is 0 Å². The molecule has 0 spiro atoms. The molecule has 1 heterocycles. The highest BCUT2D eigenvalue weighted by molar-refractivity contribution is 9.12. The number of dihydropyridines is 1. The van der Waals surface area contributed by atoms with Gasteiger partial charge in [0.2, 0.25) is 0 Å². The Bertz CT molecular complexity index is 507. The number of rotatable bonds is 1. The van der Waals surface area contributed by atoms with Crippen LogP contribution in [-0.2, 0) is 4.79 Å². The van der Waals surface area contributed by atoms with Gasteiger partial charge in [0.05, 0.1) is 0 Å². The second-order valence-electron chi connectivity index (χ2n) is 3.53. The van der Waals surface area contributed by atoms with Crippen LogP contribution >= 0.6 is 15.9 Å². The number of carboxylic acid groups (broad SMARTS) is 1. The molecule has 0 radical (unpaired) electrons. The average Bonchev–Trinajstić information content (AvgIpc) is 2.40. The fourth-order valence-electron chi connectivity index (χ4n) is 1.60. The molecule has 0 aromatic heterocycles. The Morgan fingerprint density at radius 3 is 2.75 bits per heavy atom. The zero-order valence-electron chi connectivity index (χ0n) is 8.62. The van der Waals surface area contributed by atoms with E-state index in [-0.39, 0.29) is 5.70 Å². The lowest BCUT2D eigenvalue weighted by molar-refractivity contribution is -0.133. The number of carboxylic acids is 1. The molecule has 2 rings (SSSR count). The average molecular weight is 280 g/mol. The molecule has 4 heteroatoms. The third-order valence-corrected chi connectivity index (χ3v) is 3.08. The number of fused-ring (bicyclic) bond motifs is 1. The zero-order valence-corrected chi connectivity index (χ0v) is 10.2. The van der Waals surface area contributed by atoms with Crippen molar-refractivity contribution in [2.45, 2.75) is 6.92 Å². The van der Waals surface area contributed by atoms with Crippen molar-refractivity contribution in [3.63, 3.8) is 0 Å². The molecule has 2 aliphatic rings. The molecule has 0 fully saturated rings. The van der Waals surface area contributed by atoms with Gasteiger partial charge in [-0.15, -0.1) is 0 Å². The van der Waals surface area contributed by atoms with Crippen LogP contribution in [-0.4, -0.2) is 11.1 Å². The Morgan fingerprint density at radius 1 is 1.38 bits per heavy atom. The van der Waals surface area contributed by atoms with Crippen LogP contribution in [0.1, 0.15) is 6.92 Å². The lowest BCUT2D eigenvalue weighted by atomic mass is 10.0. The fourth-order valence-corrected chi connectivity index (χ4v) is 2.08. The molecule has 3 nitrogen and oxygen atoms in total. The first kappa shape index (κ1) is 11.0. The molecular weight excluding hydrogens is 270 g/mol. The maximum atomic E-state index is 11.0. The summed E-state index contributed by atoms with van der Waals surface area (Å²) in [5.41, 5.74) is 2.70. The summed E-state index contributed by atoms with van der Waals surface area (Å²) in [6.07, 6.45) is 9.40. The maximum absolute atomic E-state index is 11.0. The molecule has 0 unspecified atom stereocenters. The molecule has 0 amide bonds. The van der Waals surface area contributed by atoms with Crippen LogP contribution in [0, 0.1) is 0 Å². The lowest BCUT2D eigenvalue weighted by Crippen LogP contribution is -2.25. The van der Waals surface area contributed by atoms with Crippen LogP contribution in [0.4, 0.5) is 0 Å². The Kier molecular flexibility index (Phi) is 2.83. The Morgan fingerprint density at radius 2 is 2.06 bits per heavy atom. The number of hydrogen-bond acceptors (Lipinski definition) is 2. The summed E-state index contributed by atoms with van der Waals surface area (Å²) in [7, 11) is 0. The lowest BCUT2D eigenvalue weighted by Gasteiger charge is -2.20. The summed E-state index contributed by atoms with van der Waals surface area (Å²) in [6, 6.07) is 0. The molecule has 82 valence electrons. The highest BCUT2D eigenvalue weighted by Gasteiger charge is 2.21. The first-order chi connectivity index (χ1) is 7.59. The SMILES string of the molecule is CC1=C(C(=O)O)NC2=CC=CC=C(Br)C2=C1. The van der Waals surface area contributed by atoms with E-state index >= 15 is 0 Å². The van der Waals surface area contributed by atoms with Crippen molar-refractivity contribution in [1.82, 2.24) is 5.32 Å². The van der Waals surface area contributed by atoms with Gasteiger partial charge in [0, 0.05) is 15.8 Å². The minimum Gasteiger partial charge on any atom is -0.477 e. The molecule has 16 heavy (non-hydrogen) atoms. The summed E-state index contributed by atoms with van der Waals surface area (Å²) in [4.78, 5) is 11.0. The quantitative estimate of drug-likeness (QED) is 0.776. The molecule has 0 aromatic carbocycles. The molecule has 0 saturated carbocycles. The smallest absolute Gasteiger partial charge is 0.352 e. The van der Waals surface area contributed by atoms with E-state index in [0.29, 0.717) is 5.57 Å². The predicted molar refractivity (Wildman–Crippen MR) is 65.8 cm³/mol. The first-order valence-electron chi connectivity index (χ1n) is 4.77. The summed E-state index contributed by atoms with van der Waals surface area (Å²) in [5.74, 6) is -0.943. The third-order valence-electron chi connectivity index (χ3n) is 2.39. The zero-order chi connectivity index (χ0) is 11.7. The van der Waals surface area contributed by atoms with E-state index < -0.39 is 5.97 Å². The summed E-state index contributed by atoms with van der Waals surface area (Å²) in [6.45, 7) is 1.78. The van der Waals surface area contributed by atoms with Crippen molar-refractivity contribution in [3.8, 4) is 0 Å². The number of hydrogen-bond donors (Lipinski definition) is 2. The van der Waals surface area contributed by atoms with Crippen molar-refractivity contribution in [3.05, 3.63) is 57.4 Å². The van der Waals surface area contributed by atoms with Gasteiger partial charge in [0.15, 0.2) is 0 Å². The van der Waals surface area contributed by atoms with Crippen LogP contribution < -0.4 is 5.32 Å². The highest BCUT2D eigenvalue weighted by Crippen LogP contribution is 2.30. The summed E-state index contributed by atoms with van der Waals surface area (Å²) in [5, 5.41) is 11.9. The maximum Gasteiger partial charge on any atom is 0.352 e. The standard InChI is InChI=1S/C12H10BrNO2/c1-7-6-8-9(13)4-2-3-5-10(8)14-11(7)12(15)16/h2-6,14H,1H3,(H,15,16). The highest BCUT2D eigenvalue weighted by atomic mass is 79.9. The van der Waals surface area contributed by atoms with Gasteiger partial charge in [-0.3, -0.25) is 0 Å². The molecule has 0 bridgehead atoms. The fraction of sp³-hybridized carbons (Fsp3) is 0.0833. The van der Waals surface area contributed by atoms with Gasteiger partial charge in [0.1, 0.15) is 5.70 Å². The monoisotopic (exact) mass is 279 g/mol. The largest absolute Gasteiger partial charge is 0.477 e. The normalized spacial score (nSPS) is 19.0. The molecule has 2 N–H and O–H groups in total. The van der Waals surface area contributed by atoms with Gasteiger partial charge in [-0.05, 0) is 30.7 Å². The number of nitrogens with one attached hydrogen (secondary N) is 1. The van der Waals surface area contributed by atoms with Gasteiger partial charge < -0.3 is 10.4 Å². The van der Waals surface area contributed by atoms with Crippen molar-refractivity contribution in [1.29, 1.82) is 0 Å². The molecular formula is C12H10BrNO2. The van der Waals surface area contributed by atoms with Gasteiger partial charge in [0.25, 0.3) is 0 Å². The van der Waals surface area contributed by atoms with Crippen LogP contribution in [0.15, 0.2) is 57.4 Å². The molecule has 1 aliphatic carbocycles. The van der Waals surface area contributed by atoms with Gasteiger partial charge in [-0.25, -0.2) is 4.79 Å².